The fourth-order valence-electron chi connectivity index (χ4n) is 2.78. The Balaban J connectivity index is 1.89. The van der Waals surface area contributed by atoms with E-state index in [0.29, 0.717) is 17.1 Å². The molecular formula is C21H26N4O3. The van der Waals surface area contributed by atoms with E-state index >= 15 is 0 Å². The zero-order valence-corrected chi connectivity index (χ0v) is 16.4. The van der Waals surface area contributed by atoms with Gasteiger partial charge in [0.25, 0.3) is 0 Å². The van der Waals surface area contributed by atoms with Crippen LogP contribution in [0.3, 0.4) is 0 Å². The van der Waals surface area contributed by atoms with Crippen molar-refractivity contribution in [1.82, 2.24) is 0 Å². The van der Waals surface area contributed by atoms with Crippen LogP contribution in [0.25, 0.3) is 0 Å². The van der Waals surface area contributed by atoms with Crippen LogP contribution in [0.1, 0.15) is 27.2 Å². The Hall–Kier alpha value is -3.35. The van der Waals surface area contributed by atoms with Gasteiger partial charge in [-0.25, -0.2) is 0 Å². The number of rotatable bonds is 8. The first kappa shape index (κ1) is 21.0. The predicted octanol–water partition coefficient (Wildman–Crippen LogP) is 3.46. The molecular weight excluding hydrogens is 356 g/mol. The Morgan fingerprint density at radius 2 is 1.32 bits per heavy atom. The van der Waals surface area contributed by atoms with Crippen molar-refractivity contribution in [2.75, 3.05) is 33.9 Å². The van der Waals surface area contributed by atoms with E-state index in [1.807, 2.05) is 24.3 Å². The Bertz CT molecular complexity index is 830. The summed E-state index contributed by atoms with van der Waals surface area (Å²) in [5.41, 5.74) is 2.80. The Morgan fingerprint density at radius 3 is 1.86 bits per heavy atom. The average Bonchev–Trinajstić information content (AvgIpc) is 2.63. The zero-order valence-electron chi connectivity index (χ0n) is 16.4. The van der Waals surface area contributed by atoms with E-state index < -0.39 is 11.8 Å². The summed E-state index contributed by atoms with van der Waals surface area (Å²) < 4.78 is 0. The van der Waals surface area contributed by atoms with E-state index in [0.717, 1.165) is 18.8 Å². The number of nitrogens with one attached hydrogen (secondary N) is 3. The smallest absolute Gasteiger partial charge is 0.233 e. The Labute approximate surface area is 165 Å². The zero-order chi connectivity index (χ0) is 20.5. The van der Waals surface area contributed by atoms with Crippen molar-refractivity contribution in [3.63, 3.8) is 0 Å². The normalized spacial score (nSPS) is 10.1. The van der Waals surface area contributed by atoms with E-state index in [-0.39, 0.29) is 12.3 Å². The second-order valence-electron chi connectivity index (χ2n) is 6.25. The molecule has 2 aromatic rings. The molecule has 0 saturated carbocycles. The first-order valence-electron chi connectivity index (χ1n) is 9.23. The van der Waals surface area contributed by atoms with Crippen molar-refractivity contribution < 1.29 is 14.4 Å². The molecule has 7 heteroatoms. The molecule has 0 spiro atoms. The minimum absolute atomic E-state index is 0.199. The largest absolute Gasteiger partial charge is 0.372 e. The fourth-order valence-corrected chi connectivity index (χ4v) is 2.78. The molecule has 0 aromatic heterocycles. The third-order valence-electron chi connectivity index (χ3n) is 4.07. The summed E-state index contributed by atoms with van der Waals surface area (Å²) in [6.07, 6.45) is -0.303. The lowest BCUT2D eigenvalue weighted by Gasteiger charge is -2.21. The van der Waals surface area contributed by atoms with Crippen LogP contribution in [-0.2, 0) is 14.4 Å². The van der Waals surface area contributed by atoms with Crippen molar-refractivity contribution >= 4 is 40.5 Å². The standard InChI is InChI=1S/C21H26N4O3/c1-4-25(5-2)19-11-9-16(10-12-19)23-20(27)14-21(28)24-18-8-6-7-17(13-18)22-15(3)26/h6-13H,4-5,14H2,1-3H3,(H,22,26)(H,23,27)(H,24,28). The SMILES string of the molecule is CCN(CC)c1ccc(NC(=O)CC(=O)Nc2cccc(NC(C)=O)c2)cc1. The molecule has 28 heavy (non-hydrogen) atoms. The summed E-state index contributed by atoms with van der Waals surface area (Å²) in [4.78, 5) is 37.5. The molecule has 0 fully saturated rings. The number of hydrogen-bond donors (Lipinski definition) is 3. The summed E-state index contributed by atoms with van der Waals surface area (Å²) in [5, 5.41) is 8.02. The maximum absolute atomic E-state index is 12.1. The summed E-state index contributed by atoms with van der Waals surface area (Å²) in [7, 11) is 0. The van der Waals surface area contributed by atoms with Gasteiger partial charge in [-0.2, -0.15) is 0 Å². The number of carbonyl (C=O) groups is 3. The quantitative estimate of drug-likeness (QED) is 0.610. The molecule has 7 nitrogen and oxygen atoms in total. The summed E-state index contributed by atoms with van der Waals surface area (Å²) in [5.74, 6) is -1.03. The Kier molecular flexibility index (Phi) is 7.56. The van der Waals surface area contributed by atoms with Gasteiger partial charge in [-0.05, 0) is 56.3 Å². The first-order valence-corrected chi connectivity index (χ1v) is 9.23. The highest BCUT2D eigenvalue weighted by Crippen LogP contribution is 2.18. The van der Waals surface area contributed by atoms with Crippen LogP contribution in [0.2, 0.25) is 0 Å². The van der Waals surface area contributed by atoms with Gasteiger partial charge in [-0.3, -0.25) is 14.4 Å². The topological polar surface area (TPSA) is 90.5 Å². The molecule has 0 saturated heterocycles. The van der Waals surface area contributed by atoms with Crippen LogP contribution >= 0.6 is 0 Å². The van der Waals surface area contributed by atoms with E-state index in [9.17, 15) is 14.4 Å². The third-order valence-corrected chi connectivity index (χ3v) is 4.07. The Morgan fingerprint density at radius 1 is 0.786 bits per heavy atom. The van der Waals surface area contributed by atoms with Gasteiger partial charge in [0.1, 0.15) is 6.42 Å². The number of hydrogen-bond acceptors (Lipinski definition) is 4. The lowest BCUT2D eigenvalue weighted by molar-refractivity contribution is -0.123. The lowest BCUT2D eigenvalue weighted by Crippen LogP contribution is -2.22. The van der Waals surface area contributed by atoms with Crippen molar-refractivity contribution in [3.05, 3.63) is 48.5 Å². The van der Waals surface area contributed by atoms with Crippen molar-refractivity contribution in [2.24, 2.45) is 0 Å². The van der Waals surface area contributed by atoms with Gasteiger partial charge in [-0.15, -0.1) is 0 Å². The highest BCUT2D eigenvalue weighted by Gasteiger charge is 2.11. The highest BCUT2D eigenvalue weighted by molar-refractivity contribution is 6.08. The van der Waals surface area contributed by atoms with E-state index in [1.165, 1.54) is 6.92 Å². The van der Waals surface area contributed by atoms with Gasteiger partial charge < -0.3 is 20.9 Å². The van der Waals surface area contributed by atoms with Gasteiger partial charge >= 0.3 is 0 Å². The summed E-state index contributed by atoms with van der Waals surface area (Å²) >= 11 is 0. The van der Waals surface area contributed by atoms with E-state index in [4.69, 9.17) is 0 Å². The molecule has 0 aliphatic rings. The fraction of sp³-hybridized carbons (Fsp3) is 0.286. The van der Waals surface area contributed by atoms with Gasteiger partial charge in [0.05, 0.1) is 0 Å². The molecule has 0 atom stereocenters. The van der Waals surface area contributed by atoms with E-state index in [1.54, 1.807) is 24.3 Å². The van der Waals surface area contributed by atoms with Crippen molar-refractivity contribution in [1.29, 1.82) is 0 Å². The lowest BCUT2D eigenvalue weighted by atomic mass is 10.2. The molecule has 0 bridgehead atoms. The van der Waals surface area contributed by atoms with Crippen LogP contribution in [0.5, 0.6) is 0 Å². The molecule has 3 amide bonds. The first-order chi connectivity index (χ1) is 13.4. The molecule has 0 radical (unpaired) electrons. The van der Waals surface area contributed by atoms with Crippen LogP contribution in [0.15, 0.2) is 48.5 Å². The molecule has 0 aliphatic carbocycles. The number of nitrogens with zero attached hydrogens (tertiary/aromatic N) is 1. The molecule has 3 N–H and O–H groups in total. The minimum atomic E-state index is -0.433. The van der Waals surface area contributed by atoms with Gasteiger partial charge in [0, 0.05) is 42.8 Å². The van der Waals surface area contributed by atoms with Crippen LogP contribution in [0, 0.1) is 0 Å². The molecule has 0 heterocycles. The van der Waals surface area contributed by atoms with E-state index in [2.05, 4.69) is 34.7 Å². The van der Waals surface area contributed by atoms with Crippen LogP contribution in [0.4, 0.5) is 22.7 Å². The highest BCUT2D eigenvalue weighted by atomic mass is 16.2. The average molecular weight is 382 g/mol. The summed E-state index contributed by atoms with van der Waals surface area (Å²) in [6.45, 7) is 7.40. The predicted molar refractivity (Wildman–Crippen MR) is 113 cm³/mol. The minimum Gasteiger partial charge on any atom is -0.372 e. The number of amides is 3. The van der Waals surface area contributed by atoms with Gasteiger partial charge in [-0.1, -0.05) is 6.07 Å². The molecule has 2 aromatic carbocycles. The second-order valence-corrected chi connectivity index (χ2v) is 6.25. The van der Waals surface area contributed by atoms with Crippen LogP contribution in [-0.4, -0.2) is 30.8 Å². The second kappa shape index (κ2) is 10.1. The third kappa shape index (κ3) is 6.42. The van der Waals surface area contributed by atoms with Crippen molar-refractivity contribution in [3.8, 4) is 0 Å². The van der Waals surface area contributed by atoms with Gasteiger partial charge in [0.2, 0.25) is 17.7 Å². The number of anilines is 4. The van der Waals surface area contributed by atoms with Crippen molar-refractivity contribution in [2.45, 2.75) is 27.2 Å². The molecule has 0 unspecified atom stereocenters. The monoisotopic (exact) mass is 382 g/mol. The maximum atomic E-state index is 12.1. The number of carbonyl (C=O) groups excluding carboxylic acids is 3. The number of benzene rings is 2. The molecule has 2 rings (SSSR count). The van der Waals surface area contributed by atoms with Crippen LogP contribution < -0.4 is 20.9 Å². The summed E-state index contributed by atoms with van der Waals surface area (Å²) in [6, 6.07) is 14.3. The molecule has 0 aliphatic heterocycles. The maximum Gasteiger partial charge on any atom is 0.233 e. The molecule has 148 valence electrons. The van der Waals surface area contributed by atoms with Gasteiger partial charge in [0.15, 0.2) is 0 Å².